The van der Waals surface area contributed by atoms with Gasteiger partial charge >= 0.3 is 0 Å². The second-order valence-corrected chi connectivity index (χ2v) is 4.97. The molecule has 1 N–H and O–H groups in total. The maximum atomic E-state index is 10.6. The zero-order valence-electron chi connectivity index (χ0n) is 7.12. The minimum atomic E-state index is -1.16. The summed E-state index contributed by atoms with van der Waals surface area (Å²) < 4.78 is -1.16. The standard InChI is InChI=1S/C7H11Cl4NO/c1-5(13)12-6(9)7(10,11)3-2-4-8/h6H,2-4H2,1H3,(H,12,13). The molecule has 0 aliphatic heterocycles. The number of carbonyl (C=O) groups is 1. The normalized spacial score (nSPS) is 13.9. The predicted octanol–water partition coefficient (Wildman–Crippen LogP) is 2.88. The van der Waals surface area contributed by atoms with Crippen LogP contribution in [0.1, 0.15) is 19.8 Å². The van der Waals surface area contributed by atoms with E-state index in [4.69, 9.17) is 46.4 Å². The third-order valence-corrected chi connectivity index (χ3v) is 3.13. The molecule has 0 aliphatic carbocycles. The van der Waals surface area contributed by atoms with Crippen molar-refractivity contribution in [3.05, 3.63) is 0 Å². The van der Waals surface area contributed by atoms with Crippen LogP contribution < -0.4 is 5.32 Å². The summed E-state index contributed by atoms with van der Waals surface area (Å²) >= 11 is 23.0. The second-order valence-electron chi connectivity index (χ2n) is 2.62. The Bertz CT molecular complexity index is 174. The Morgan fingerprint density at radius 3 is 2.46 bits per heavy atom. The number of halogens is 4. The van der Waals surface area contributed by atoms with Gasteiger partial charge in [-0.15, -0.1) is 11.6 Å². The molecule has 13 heavy (non-hydrogen) atoms. The monoisotopic (exact) mass is 265 g/mol. The van der Waals surface area contributed by atoms with E-state index in [1.54, 1.807) is 0 Å². The number of alkyl halides is 4. The maximum absolute atomic E-state index is 10.6. The quantitative estimate of drug-likeness (QED) is 0.602. The van der Waals surface area contributed by atoms with Crippen LogP contribution in [0.5, 0.6) is 0 Å². The van der Waals surface area contributed by atoms with Crippen LogP contribution in [0.2, 0.25) is 0 Å². The SMILES string of the molecule is CC(=O)NC(Cl)C(Cl)(Cl)CCCCl. The van der Waals surface area contributed by atoms with Crippen molar-refractivity contribution < 1.29 is 4.79 Å². The molecule has 0 spiro atoms. The lowest BCUT2D eigenvalue weighted by Gasteiger charge is -2.25. The van der Waals surface area contributed by atoms with Gasteiger partial charge in [0.15, 0.2) is 4.33 Å². The molecule has 1 amide bonds. The van der Waals surface area contributed by atoms with E-state index in [0.717, 1.165) is 0 Å². The number of nitrogens with one attached hydrogen (secondary N) is 1. The summed E-state index contributed by atoms with van der Waals surface area (Å²) in [4.78, 5) is 10.6. The molecule has 0 fully saturated rings. The van der Waals surface area contributed by atoms with Gasteiger partial charge < -0.3 is 5.32 Å². The highest BCUT2D eigenvalue weighted by Gasteiger charge is 2.33. The van der Waals surface area contributed by atoms with Crippen LogP contribution in [0, 0.1) is 0 Å². The Hall–Kier alpha value is 0.630. The molecule has 0 aliphatic rings. The molecule has 0 radical (unpaired) electrons. The third kappa shape index (κ3) is 5.84. The Labute approximate surface area is 97.9 Å². The first kappa shape index (κ1) is 13.6. The van der Waals surface area contributed by atoms with Gasteiger partial charge in [0.25, 0.3) is 0 Å². The molecule has 0 saturated carbocycles. The van der Waals surface area contributed by atoms with E-state index < -0.39 is 9.83 Å². The molecule has 0 bridgehead atoms. The highest BCUT2D eigenvalue weighted by molar-refractivity contribution is 6.52. The van der Waals surface area contributed by atoms with Crippen molar-refractivity contribution in [3.63, 3.8) is 0 Å². The Balaban J connectivity index is 4.01. The molecular formula is C7H11Cl4NO. The van der Waals surface area contributed by atoms with Crippen LogP contribution in [0.3, 0.4) is 0 Å². The molecule has 0 saturated heterocycles. The van der Waals surface area contributed by atoms with E-state index in [9.17, 15) is 4.79 Å². The van der Waals surface area contributed by atoms with Crippen molar-refractivity contribution in [1.29, 1.82) is 0 Å². The lowest BCUT2D eigenvalue weighted by molar-refractivity contribution is -0.119. The maximum Gasteiger partial charge on any atom is 0.218 e. The van der Waals surface area contributed by atoms with Crippen LogP contribution in [-0.2, 0) is 4.79 Å². The molecule has 1 atom stereocenters. The average Bonchev–Trinajstić information content (AvgIpc) is 1.99. The van der Waals surface area contributed by atoms with E-state index in [0.29, 0.717) is 18.7 Å². The van der Waals surface area contributed by atoms with Gasteiger partial charge in [0.05, 0.1) is 0 Å². The number of hydrogen-bond donors (Lipinski definition) is 1. The molecule has 0 heterocycles. The molecule has 0 aromatic heterocycles. The molecule has 2 nitrogen and oxygen atoms in total. The van der Waals surface area contributed by atoms with E-state index in [2.05, 4.69) is 5.32 Å². The smallest absolute Gasteiger partial charge is 0.218 e. The fourth-order valence-electron chi connectivity index (χ4n) is 0.713. The summed E-state index contributed by atoms with van der Waals surface area (Å²) in [7, 11) is 0. The van der Waals surface area contributed by atoms with Gasteiger partial charge in [0.2, 0.25) is 5.91 Å². The molecular weight excluding hydrogens is 256 g/mol. The summed E-state index contributed by atoms with van der Waals surface area (Å²) in [5.41, 5.74) is -0.795. The largest absolute Gasteiger partial charge is 0.337 e. The summed E-state index contributed by atoms with van der Waals surface area (Å²) in [5.74, 6) is 0.196. The topological polar surface area (TPSA) is 29.1 Å². The first-order valence-electron chi connectivity index (χ1n) is 3.75. The number of rotatable bonds is 5. The summed E-state index contributed by atoms with van der Waals surface area (Å²) in [6, 6.07) is 0. The van der Waals surface area contributed by atoms with Gasteiger partial charge in [-0.1, -0.05) is 34.8 Å². The fourth-order valence-corrected chi connectivity index (χ4v) is 1.49. The van der Waals surface area contributed by atoms with Gasteiger partial charge in [0.1, 0.15) is 5.50 Å². The predicted molar refractivity (Wildman–Crippen MR) is 57.8 cm³/mol. The van der Waals surface area contributed by atoms with Crippen molar-refractivity contribution in [3.8, 4) is 0 Å². The fraction of sp³-hybridized carbons (Fsp3) is 0.857. The lowest BCUT2D eigenvalue weighted by Crippen LogP contribution is -2.41. The van der Waals surface area contributed by atoms with Crippen molar-refractivity contribution in [1.82, 2.24) is 5.32 Å². The Morgan fingerprint density at radius 2 is 2.08 bits per heavy atom. The van der Waals surface area contributed by atoms with E-state index in [1.807, 2.05) is 0 Å². The van der Waals surface area contributed by atoms with Crippen LogP contribution in [0.15, 0.2) is 0 Å². The minimum Gasteiger partial charge on any atom is -0.337 e. The highest BCUT2D eigenvalue weighted by Crippen LogP contribution is 2.33. The minimum absolute atomic E-state index is 0.267. The summed E-state index contributed by atoms with van der Waals surface area (Å²) in [6.07, 6.45) is 1.09. The van der Waals surface area contributed by atoms with Crippen molar-refractivity contribution in [2.24, 2.45) is 0 Å². The van der Waals surface area contributed by atoms with Crippen LogP contribution in [-0.4, -0.2) is 21.6 Å². The highest BCUT2D eigenvalue weighted by atomic mass is 35.5. The average molecular weight is 267 g/mol. The molecule has 78 valence electrons. The summed E-state index contributed by atoms with van der Waals surface area (Å²) in [5, 5.41) is 2.41. The van der Waals surface area contributed by atoms with Gasteiger partial charge in [-0.25, -0.2) is 0 Å². The van der Waals surface area contributed by atoms with Gasteiger partial charge in [-0.3, -0.25) is 4.79 Å². The van der Waals surface area contributed by atoms with Crippen molar-refractivity contribution >= 4 is 52.3 Å². The van der Waals surface area contributed by atoms with Crippen molar-refractivity contribution in [2.75, 3.05) is 5.88 Å². The lowest BCUT2D eigenvalue weighted by atomic mass is 10.2. The Morgan fingerprint density at radius 1 is 1.54 bits per heavy atom. The second kappa shape index (κ2) is 6.18. The van der Waals surface area contributed by atoms with E-state index >= 15 is 0 Å². The van der Waals surface area contributed by atoms with E-state index in [-0.39, 0.29) is 5.91 Å². The molecule has 0 aromatic rings. The Kier molecular flexibility index (Phi) is 6.48. The summed E-state index contributed by atoms with van der Waals surface area (Å²) in [6.45, 7) is 1.35. The van der Waals surface area contributed by atoms with Gasteiger partial charge in [-0.05, 0) is 12.8 Å². The zero-order chi connectivity index (χ0) is 10.5. The first-order chi connectivity index (χ1) is 5.90. The van der Waals surface area contributed by atoms with Gasteiger partial charge in [-0.2, -0.15) is 0 Å². The number of amides is 1. The third-order valence-electron chi connectivity index (χ3n) is 1.34. The number of hydrogen-bond acceptors (Lipinski definition) is 1. The molecule has 0 aromatic carbocycles. The van der Waals surface area contributed by atoms with Crippen molar-refractivity contribution in [2.45, 2.75) is 29.6 Å². The van der Waals surface area contributed by atoms with Crippen LogP contribution in [0.25, 0.3) is 0 Å². The number of carbonyl (C=O) groups excluding carboxylic acids is 1. The molecule has 1 unspecified atom stereocenters. The van der Waals surface area contributed by atoms with Crippen LogP contribution >= 0.6 is 46.4 Å². The first-order valence-corrected chi connectivity index (χ1v) is 5.48. The zero-order valence-corrected chi connectivity index (χ0v) is 10.1. The molecule has 0 rings (SSSR count). The molecule has 6 heteroatoms. The van der Waals surface area contributed by atoms with Crippen LogP contribution in [0.4, 0.5) is 0 Å². The van der Waals surface area contributed by atoms with E-state index in [1.165, 1.54) is 6.92 Å². The van der Waals surface area contributed by atoms with Gasteiger partial charge in [0, 0.05) is 12.8 Å².